The van der Waals surface area contributed by atoms with Crippen LogP contribution in [-0.4, -0.2) is 11.9 Å². The Bertz CT molecular complexity index is 1160. The predicted molar refractivity (Wildman–Crippen MR) is 123 cm³/mol. The lowest BCUT2D eigenvalue weighted by Crippen LogP contribution is -2.05. The third kappa shape index (κ3) is 5.22. The predicted octanol–water partition coefficient (Wildman–Crippen LogP) is 6.39. The van der Waals surface area contributed by atoms with Gasteiger partial charge in [0, 0.05) is 10.6 Å². The molecule has 0 aliphatic carbocycles. The highest BCUT2D eigenvalue weighted by molar-refractivity contribution is 6.30. The zero-order valence-electron chi connectivity index (χ0n) is 17.3. The summed E-state index contributed by atoms with van der Waals surface area (Å²) in [6, 6.07) is 22.9. The molecule has 3 aromatic rings. The fourth-order valence-electron chi connectivity index (χ4n) is 3.19. The zero-order valence-corrected chi connectivity index (χ0v) is 18.1. The number of carbonyl (C=O) groups excluding carboxylic acids is 1. The highest BCUT2D eigenvalue weighted by Gasteiger charge is 2.24. The summed E-state index contributed by atoms with van der Waals surface area (Å²) in [5.41, 5.74) is 4.04. The summed E-state index contributed by atoms with van der Waals surface area (Å²) in [4.78, 5) is 16.7. The van der Waals surface area contributed by atoms with Gasteiger partial charge in [0.25, 0.3) is 0 Å². The Hall–Kier alpha value is -3.37. The Kier molecular flexibility index (Phi) is 6.19. The van der Waals surface area contributed by atoms with Crippen LogP contribution >= 0.6 is 11.6 Å². The molecule has 0 radical (unpaired) electrons. The third-order valence-electron chi connectivity index (χ3n) is 4.90. The van der Waals surface area contributed by atoms with E-state index in [0.29, 0.717) is 29.2 Å². The van der Waals surface area contributed by atoms with Gasteiger partial charge in [-0.1, -0.05) is 61.8 Å². The molecule has 31 heavy (non-hydrogen) atoms. The minimum Gasteiger partial charge on any atom is -0.489 e. The van der Waals surface area contributed by atoms with Crippen LogP contribution in [0, 0.1) is 0 Å². The second-order valence-electron chi connectivity index (χ2n) is 7.60. The van der Waals surface area contributed by atoms with Gasteiger partial charge in [-0.15, -0.1) is 0 Å². The van der Waals surface area contributed by atoms with E-state index in [1.807, 2.05) is 72.8 Å². The van der Waals surface area contributed by atoms with Gasteiger partial charge >= 0.3 is 5.97 Å². The molecular formula is C26H22ClNO3. The summed E-state index contributed by atoms with van der Waals surface area (Å²) in [7, 11) is 0. The summed E-state index contributed by atoms with van der Waals surface area (Å²) in [5.74, 6) is 0.980. The third-order valence-corrected chi connectivity index (χ3v) is 5.14. The molecule has 0 N–H and O–H groups in total. The van der Waals surface area contributed by atoms with Crippen molar-refractivity contribution in [2.75, 3.05) is 0 Å². The van der Waals surface area contributed by atoms with Gasteiger partial charge in [-0.2, -0.15) is 0 Å². The van der Waals surface area contributed by atoms with Crippen LogP contribution in [0.1, 0.15) is 42.0 Å². The first-order valence-corrected chi connectivity index (χ1v) is 10.5. The molecule has 0 saturated heterocycles. The number of halogens is 1. The number of esters is 1. The standard InChI is InChI=1S/C26H22ClNO3/c1-17(2)20-9-11-21(12-10-20)25-28-24(26(29)31-25)15-18-5-4-8-23(14-18)30-16-19-6-3-7-22(27)13-19/h3-15,17H,16H2,1-2H3/b24-15-. The number of rotatable bonds is 6. The van der Waals surface area contributed by atoms with E-state index in [9.17, 15) is 4.79 Å². The number of carbonyl (C=O) groups is 1. The van der Waals surface area contributed by atoms with Gasteiger partial charge < -0.3 is 9.47 Å². The van der Waals surface area contributed by atoms with E-state index >= 15 is 0 Å². The van der Waals surface area contributed by atoms with Crippen LogP contribution in [0.15, 0.2) is 83.5 Å². The fraction of sp³-hybridized carbons (Fsp3) is 0.154. The average molecular weight is 432 g/mol. The second-order valence-corrected chi connectivity index (χ2v) is 8.04. The minimum absolute atomic E-state index is 0.259. The van der Waals surface area contributed by atoms with E-state index in [-0.39, 0.29) is 5.70 Å². The van der Waals surface area contributed by atoms with E-state index in [1.54, 1.807) is 6.08 Å². The molecule has 0 spiro atoms. The molecule has 3 aromatic carbocycles. The molecule has 4 rings (SSSR count). The van der Waals surface area contributed by atoms with E-state index in [1.165, 1.54) is 5.56 Å². The summed E-state index contributed by atoms with van der Waals surface area (Å²) < 4.78 is 11.2. The van der Waals surface area contributed by atoms with E-state index < -0.39 is 5.97 Å². The molecule has 5 heteroatoms. The maximum Gasteiger partial charge on any atom is 0.363 e. The van der Waals surface area contributed by atoms with Gasteiger partial charge in [-0.25, -0.2) is 9.79 Å². The number of hydrogen-bond acceptors (Lipinski definition) is 4. The first kappa shape index (κ1) is 20.9. The molecule has 4 nitrogen and oxygen atoms in total. The van der Waals surface area contributed by atoms with Crippen LogP contribution in [-0.2, 0) is 16.1 Å². The largest absolute Gasteiger partial charge is 0.489 e. The molecule has 0 aromatic heterocycles. The van der Waals surface area contributed by atoms with Crippen molar-refractivity contribution >= 4 is 29.5 Å². The van der Waals surface area contributed by atoms with Crippen molar-refractivity contribution < 1.29 is 14.3 Å². The minimum atomic E-state index is -0.465. The van der Waals surface area contributed by atoms with Crippen molar-refractivity contribution in [1.82, 2.24) is 0 Å². The van der Waals surface area contributed by atoms with Crippen LogP contribution in [0.2, 0.25) is 5.02 Å². The number of hydrogen-bond donors (Lipinski definition) is 0. The Morgan fingerprint density at radius 2 is 1.81 bits per heavy atom. The number of cyclic esters (lactones) is 1. The maximum absolute atomic E-state index is 12.3. The number of ether oxygens (including phenoxy) is 2. The van der Waals surface area contributed by atoms with Crippen LogP contribution in [0.4, 0.5) is 0 Å². The molecular weight excluding hydrogens is 410 g/mol. The lowest BCUT2D eigenvalue weighted by atomic mass is 10.0. The molecule has 0 atom stereocenters. The van der Waals surface area contributed by atoms with Crippen LogP contribution in [0.25, 0.3) is 6.08 Å². The summed E-state index contributed by atoms with van der Waals surface area (Å²) in [5, 5.41) is 0.673. The molecule has 1 aliphatic heterocycles. The van der Waals surface area contributed by atoms with Gasteiger partial charge in [0.2, 0.25) is 5.90 Å². The summed E-state index contributed by atoms with van der Waals surface area (Å²) in [6.45, 7) is 4.67. The Labute approximate surface area is 186 Å². The summed E-state index contributed by atoms with van der Waals surface area (Å²) >= 11 is 6.02. The zero-order chi connectivity index (χ0) is 21.8. The van der Waals surface area contributed by atoms with Gasteiger partial charge in [0.05, 0.1) is 0 Å². The van der Waals surface area contributed by atoms with Crippen molar-refractivity contribution in [1.29, 1.82) is 0 Å². The van der Waals surface area contributed by atoms with Crippen molar-refractivity contribution in [3.63, 3.8) is 0 Å². The first-order chi connectivity index (χ1) is 15.0. The average Bonchev–Trinajstić information content (AvgIpc) is 3.13. The molecule has 0 saturated carbocycles. The quantitative estimate of drug-likeness (QED) is 0.335. The van der Waals surface area contributed by atoms with Gasteiger partial charge in [-0.3, -0.25) is 0 Å². The number of benzene rings is 3. The second kappa shape index (κ2) is 9.19. The lowest BCUT2D eigenvalue weighted by molar-refractivity contribution is -0.129. The van der Waals surface area contributed by atoms with E-state index in [0.717, 1.165) is 16.7 Å². The molecule has 1 aliphatic rings. The van der Waals surface area contributed by atoms with Crippen LogP contribution in [0.5, 0.6) is 5.75 Å². The maximum atomic E-state index is 12.3. The van der Waals surface area contributed by atoms with Gasteiger partial charge in [0.1, 0.15) is 12.4 Å². The topological polar surface area (TPSA) is 47.9 Å². The van der Waals surface area contributed by atoms with Gasteiger partial charge in [0.15, 0.2) is 5.70 Å². The fourth-order valence-corrected chi connectivity index (χ4v) is 3.40. The van der Waals surface area contributed by atoms with Gasteiger partial charge in [-0.05, 0) is 65.1 Å². The smallest absolute Gasteiger partial charge is 0.363 e. The SMILES string of the molecule is CC(C)c1ccc(C2=N/C(=C\c3cccc(OCc4cccc(Cl)c4)c3)C(=O)O2)cc1. The first-order valence-electron chi connectivity index (χ1n) is 10.1. The van der Waals surface area contributed by atoms with E-state index in [2.05, 4.69) is 18.8 Å². The summed E-state index contributed by atoms with van der Waals surface area (Å²) in [6.07, 6.45) is 1.70. The van der Waals surface area contributed by atoms with Crippen molar-refractivity contribution in [3.8, 4) is 5.75 Å². The highest BCUT2D eigenvalue weighted by atomic mass is 35.5. The van der Waals surface area contributed by atoms with Crippen LogP contribution in [0.3, 0.4) is 0 Å². The Balaban J connectivity index is 1.50. The molecule has 156 valence electrons. The number of aliphatic imine (C=N–C) groups is 1. The molecule has 0 fully saturated rings. The van der Waals surface area contributed by atoms with Crippen molar-refractivity contribution in [3.05, 3.63) is 106 Å². The van der Waals surface area contributed by atoms with Crippen LogP contribution < -0.4 is 4.74 Å². The molecule has 0 unspecified atom stereocenters. The monoisotopic (exact) mass is 431 g/mol. The Morgan fingerprint density at radius 3 is 2.55 bits per heavy atom. The molecule has 1 heterocycles. The molecule has 0 bridgehead atoms. The van der Waals surface area contributed by atoms with E-state index in [4.69, 9.17) is 21.1 Å². The Morgan fingerprint density at radius 1 is 1.03 bits per heavy atom. The van der Waals surface area contributed by atoms with Crippen molar-refractivity contribution in [2.45, 2.75) is 26.4 Å². The molecule has 0 amide bonds. The van der Waals surface area contributed by atoms with Crippen molar-refractivity contribution in [2.24, 2.45) is 4.99 Å². The highest BCUT2D eigenvalue weighted by Crippen LogP contribution is 2.23. The normalized spacial score (nSPS) is 14.6. The number of nitrogens with zero attached hydrogens (tertiary/aromatic N) is 1. The lowest BCUT2D eigenvalue weighted by Gasteiger charge is -2.07.